The number of aromatic nitrogens is 1. The molecule has 2 aromatic rings. The Labute approximate surface area is 149 Å². The summed E-state index contributed by atoms with van der Waals surface area (Å²) in [6, 6.07) is 10.3. The van der Waals surface area contributed by atoms with E-state index in [0.29, 0.717) is 10.9 Å². The van der Waals surface area contributed by atoms with Crippen LogP contribution in [0.3, 0.4) is 0 Å². The van der Waals surface area contributed by atoms with E-state index in [1.807, 2.05) is 6.07 Å². The molecule has 0 saturated heterocycles. The first kappa shape index (κ1) is 19.0. The van der Waals surface area contributed by atoms with E-state index < -0.39 is 22.4 Å². The molecule has 2 rings (SSSR count). The Morgan fingerprint density at radius 1 is 1.44 bits per heavy atom. The number of amides is 1. The van der Waals surface area contributed by atoms with Crippen molar-refractivity contribution in [3.63, 3.8) is 0 Å². The SMILES string of the molecule is COC(Oc1nc2ccccc2cc1F)(SC)C(C)(C#N)NC(C)=O. The standard InChI is InChI=1S/C17H18FN3O3S/c1-11(22)21-16(2,10-19)17(23-3,25-4)24-15-13(18)9-12-7-5-6-8-14(12)20-15/h5-9H,1-4H3,(H,21,22). The molecule has 0 saturated carbocycles. The fourth-order valence-electron chi connectivity index (χ4n) is 2.47. The number of rotatable bonds is 6. The number of halogens is 1. The van der Waals surface area contributed by atoms with Gasteiger partial charge in [-0.05, 0) is 25.3 Å². The number of ether oxygens (including phenoxy) is 2. The van der Waals surface area contributed by atoms with Gasteiger partial charge in [0.15, 0.2) is 5.82 Å². The molecule has 132 valence electrons. The number of benzene rings is 1. The van der Waals surface area contributed by atoms with Crippen molar-refractivity contribution in [1.82, 2.24) is 10.3 Å². The van der Waals surface area contributed by atoms with Gasteiger partial charge in [0.25, 0.3) is 11.0 Å². The molecule has 25 heavy (non-hydrogen) atoms. The number of nitrogens with zero attached hydrogens (tertiary/aromatic N) is 2. The number of methoxy groups -OCH3 is 1. The van der Waals surface area contributed by atoms with Crippen LogP contribution in [0.1, 0.15) is 13.8 Å². The predicted molar refractivity (Wildman–Crippen MR) is 93.4 cm³/mol. The number of thioether (sulfide) groups is 1. The summed E-state index contributed by atoms with van der Waals surface area (Å²) in [7, 11) is 1.31. The molecule has 0 radical (unpaired) electrons. The maximum atomic E-state index is 14.5. The van der Waals surface area contributed by atoms with Crippen LogP contribution in [-0.2, 0) is 9.53 Å². The first-order chi connectivity index (χ1) is 11.8. The predicted octanol–water partition coefficient (Wildman–Crippen LogP) is 2.83. The summed E-state index contributed by atoms with van der Waals surface area (Å²) >= 11 is 1.01. The van der Waals surface area contributed by atoms with Crippen LogP contribution in [0.15, 0.2) is 30.3 Å². The smallest absolute Gasteiger partial charge is 0.298 e. The largest absolute Gasteiger partial charge is 0.429 e. The average molecular weight is 363 g/mol. The van der Waals surface area contributed by atoms with E-state index in [1.165, 1.54) is 27.0 Å². The number of hydrogen-bond donors (Lipinski definition) is 1. The lowest BCUT2D eigenvalue weighted by Gasteiger charge is -2.40. The molecule has 1 N–H and O–H groups in total. The lowest BCUT2D eigenvalue weighted by molar-refractivity contribution is -0.142. The molecule has 0 aliphatic heterocycles. The summed E-state index contributed by atoms with van der Waals surface area (Å²) < 4.78 is 25.6. The summed E-state index contributed by atoms with van der Waals surface area (Å²) in [5.74, 6) is -1.46. The Morgan fingerprint density at radius 3 is 2.68 bits per heavy atom. The van der Waals surface area contributed by atoms with Gasteiger partial charge in [-0.15, -0.1) is 0 Å². The van der Waals surface area contributed by atoms with Crippen LogP contribution >= 0.6 is 11.8 Å². The molecule has 0 bridgehead atoms. The number of carbonyl (C=O) groups is 1. The number of nitrogens with one attached hydrogen (secondary N) is 1. The van der Waals surface area contributed by atoms with E-state index in [0.717, 1.165) is 11.8 Å². The van der Waals surface area contributed by atoms with Gasteiger partial charge in [-0.1, -0.05) is 30.0 Å². The van der Waals surface area contributed by atoms with Crippen molar-refractivity contribution in [2.75, 3.05) is 13.4 Å². The van der Waals surface area contributed by atoms with Gasteiger partial charge < -0.3 is 14.8 Å². The fourth-order valence-corrected chi connectivity index (χ4v) is 3.31. The van der Waals surface area contributed by atoms with Gasteiger partial charge in [-0.25, -0.2) is 9.37 Å². The normalized spacial score (nSPS) is 15.7. The van der Waals surface area contributed by atoms with E-state index in [1.54, 1.807) is 30.5 Å². The van der Waals surface area contributed by atoms with Crippen LogP contribution in [0, 0.1) is 17.1 Å². The summed E-state index contributed by atoms with van der Waals surface area (Å²) in [4.78, 5) is 15.7. The monoisotopic (exact) mass is 363 g/mol. The molecule has 8 heteroatoms. The van der Waals surface area contributed by atoms with Crippen LogP contribution in [0.5, 0.6) is 5.88 Å². The highest BCUT2D eigenvalue weighted by Crippen LogP contribution is 2.38. The van der Waals surface area contributed by atoms with Crippen LogP contribution in [0.25, 0.3) is 10.9 Å². The summed E-state index contributed by atoms with van der Waals surface area (Å²) in [6.07, 6.45) is 1.62. The van der Waals surface area contributed by atoms with Crippen molar-refractivity contribution in [3.05, 3.63) is 36.1 Å². The summed E-state index contributed by atoms with van der Waals surface area (Å²) in [6.45, 7) is 2.71. The minimum absolute atomic E-state index is 0.318. The first-order valence-corrected chi connectivity index (χ1v) is 8.58. The van der Waals surface area contributed by atoms with Crippen molar-refractivity contribution in [3.8, 4) is 11.9 Å². The molecule has 0 aliphatic rings. The van der Waals surface area contributed by atoms with Crippen molar-refractivity contribution in [2.45, 2.75) is 24.5 Å². The van der Waals surface area contributed by atoms with Gasteiger partial charge in [0, 0.05) is 19.4 Å². The highest BCUT2D eigenvalue weighted by atomic mass is 32.2. The number of para-hydroxylation sites is 1. The van der Waals surface area contributed by atoms with Crippen molar-refractivity contribution >= 4 is 28.6 Å². The third-order valence-corrected chi connectivity index (χ3v) is 4.87. The Bertz CT molecular complexity index is 835. The second-order valence-corrected chi connectivity index (χ2v) is 6.40. The van der Waals surface area contributed by atoms with Gasteiger partial charge in [0.05, 0.1) is 11.6 Å². The highest BCUT2D eigenvalue weighted by molar-refractivity contribution is 7.99. The van der Waals surface area contributed by atoms with Gasteiger partial charge in [0.2, 0.25) is 11.4 Å². The number of carbonyl (C=O) groups excluding carboxylic acids is 1. The molecular weight excluding hydrogens is 345 g/mol. The molecule has 1 amide bonds. The van der Waals surface area contributed by atoms with Gasteiger partial charge in [0.1, 0.15) is 0 Å². The van der Waals surface area contributed by atoms with Gasteiger partial charge in [-0.3, -0.25) is 4.79 Å². The second kappa shape index (κ2) is 7.25. The fraction of sp³-hybridized carbons (Fsp3) is 0.353. The molecule has 0 aliphatic carbocycles. The first-order valence-electron chi connectivity index (χ1n) is 7.35. The Hall–Kier alpha value is -2.37. The van der Waals surface area contributed by atoms with E-state index in [9.17, 15) is 14.4 Å². The van der Waals surface area contributed by atoms with Crippen molar-refractivity contribution < 1.29 is 18.7 Å². The number of nitriles is 1. The number of pyridine rings is 1. The van der Waals surface area contributed by atoms with Gasteiger partial charge in [-0.2, -0.15) is 5.26 Å². The second-order valence-electron chi connectivity index (χ2n) is 5.45. The lowest BCUT2D eigenvalue weighted by atomic mass is 10.0. The molecule has 0 spiro atoms. The molecule has 2 atom stereocenters. The molecule has 1 heterocycles. The maximum absolute atomic E-state index is 14.5. The Morgan fingerprint density at radius 2 is 2.12 bits per heavy atom. The van der Waals surface area contributed by atoms with E-state index in [2.05, 4.69) is 10.3 Å². The molecule has 6 nitrogen and oxygen atoms in total. The summed E-state index contributed by atoms with van der Waals surface area (Å²) in [5.41, 5.74) is -1.06. The van der Waals surface area contributed by atoms with E-state index in [-0.39, 0.29) is 5.88 Å². The molecule has 2 unspecified atom stereocenters. The molecular formula is C17H18FN3O3S. The van der Waals surface area contributed by atoms with E-state index in [4.69, 9.17) is 9.47 Å². The third-order valence-electron chi connectivity index (χ3n) is 3.68. The zero-order valence-electron chi connectivity index (χ0n) is 14.3. The number of fused-ring (bicyclic) bond motifs is 1. The summed E-state index contributed by atoms with van der Waals surface area (Å²) in [5, 5.41) is 11.0. The zero-order chi connectivity index (χ0) is 18.7. The quantitative estimate of drug-likeness (QED) is 0.795. The number of hydrogen-bond acceptors (Lipinski definition) is 6. The zero-order valence-corrected chi connectivity index (χ0v) is 15.1. The van der Waals surface area contributed by atoms with Crippen LogP contribution < -0.4 is 10.1 Å². The molecule has 0 fully saturated rings. The van der Waals surface area contributed by atoms with Crippen molar-refractivity contribution in [1.29, 1.82) is 5.26 Å². The maximum Gasteiger partial charge on any atom is 0.298 e. The van der Waals surface area contributed by atoms with Crippen LogP contribution in [0.4, 0.5) is 4.39 Å². The van der Waals surface area contributed by atoms with E-state index >= 15 is 0 Å². The minimum Gasteiger partial charge on any atom is -0.429 e. The van der Waals surface area contributed by atoms with Crippen molar-refractivity contribution in [2.24, 2.45) is 0 Å². The minimum atomic E-state index is -1.70. The van der Waals surface area contributed by atoms with Crippen LogP contribution in [0.2, 0.25) is 0 Å². The third kappa shape index (κ3) is 3.52. The van der Waals surface area contributed by atoms with Gasteiger partial charge >= 0.3 is 0 Å². The molecule has 1 aromatic carbocycles. The molecule has 1 aromatic heterocycles. The van der Waals surface area contributed by atoms with Crippen LogP contribution in [-0.4, -0.2) is 34.9 Å². The topological polar surface area (TPSA) is 84.2 Å². The lowest BCUT2D eigenvalue weighted by Crippen LogP contribution is -2.63. The Kier molecular flexibility index (Phi) is 5.50. The highest BCUT2D eigenvalue weighted by Gasteiger charge is 2.54. The Balaban J connectivity index is 2.53. The average Bonchev–Trinajstić information content (AvgIpc) is 2.59.